The molecule has 1 aromatic carbocycles. The molecule has 0 spiro atoms. The number of sulfonamides is 1. The van der Waals surface area contributed by atoms with Crippen molar-refractivity contribution >= 4 is 77.2 Å². The van der Waals surface area contributed by atoms with Gasteiger partial charge in [-0.25, -0.2) is 13.4 Å². The Bertz CT molecular complexity index is 1540. The van der Waals surface area contributed by atoms with Gasteiger partial charge in [0.05, 0.1) is 27.7 Å². The lowest BCUT2D eigenvalue weighted by molar-refractivity contribution is -0.123. The van der Waals surface area contributed by atoms with Crippen molar-refractivity contribution < 1.29 is 17.9 Å². The van der Waals surface area contributed by atoms with Crippen molar-refractivity contribution in [1.29, 1.82) is 0 Å². The molecule has 5 rings (SSSR count). The van der Waals surface area contributed by atoms with Crippen LogP contribution in [-0.2, 0) is 21.4 Å². The van der Waals surface area contributed by atoms with Gasteiger partial charge in [0, 0.05) is 18.9 Å². The number of aromatic nitrogens is 2. The minimum Gasteiger partial charge on any atom is -0.494 e. The molecule has 194 valence electrons. The highest BCUT2D eigenvalue weighted by molar-refractivity contribution is 7.91. The van der Waals surface area contributed by atoms with Crippen LogP contribution in [0.4, 0.5) is 5.13 Å². The summed E-state index contributed by atoms with van der Waals surface area (Å²) in [6.07, 6.45) is 5.12. The molecular weight excluding hydrogens is 575 g/mol. The third kappa shape index (κ3) is 5.21. The first kappa shape index (κ1) is 26.3. The number of benzene rings is 1. The average Bonchev–Trinajstić information content (AvgIpc) is 3.56. The second-order valence-corrected chi connectivity index (χ2v) is 13.6. The molecule has 3 aromatic heterocycles. The standard InChI is InChI=1S/C24H22Cl2N4O4S3/c1-34-18-8-7-16(25)22-21(18)28-24(36-22)29(14-15-5-4-11-27-13-15)23(31)17-6-2-3-12-30(17)37(32,33)20-10-9-19(26)35-20/h4-5,7-11,13,17H,2-3,6,12,14H2,1H3. The van der Waals surface area contributed by atoms with Crippen LogP contribution in [0, 0.1) is 0 Å². The van der Waals surface area contributed by atoms with E-state index in [1.165, 1.54) is 26.6 Å². The largest absolute Gasteiger partial charge is 0.494 e. The van der Waals surface area contributed by atoms with Crippen LogP contribution in [0.25, 0.3) is 10.2 Å². The molecule has 0 saturated carbocycles. The molecule has 0 N–H and O–H groups in total. The highest BCUT2D eigenvalue weighted by Gasteiger charge is 2.41. The van der Waals surface area contributed by atoms with E-state index in [0.717, 1.165) is 23.3 Å². The maximum Gasteiger partial charge on any atom is 0.253 e. The maximum absolute atomic E-state index is 14.2. The first-order valence-corrected chi connectivity index (χ1v) is 15.2. The van der Waals surface area contributed by atoms with Crippen molar-refractivity contribution in [2.45, 2.75) is 36.1 Å². The molecule has 1 aliphatic rings. The van der Waals surface area contributed by atoms with Crippen LogP contribution in [-0.4, -0.2) is 48.3 Å². The van der Waals surface area contributed by atoms with Gasteiger partial charge in [-0.2, -0.15) is 4.31 Å². The number of piperidine rings is 1. The van der Waals surface area contributed by atoms with E-state index in [1.54, 1.807) is 43.8 Å². The Balaban J connectivity index is 1.58. The van der Waals surface area contributed by atoms with E-state index in [9.17, 15) is 13.2 Å². The minimum absolute atomic E-state index is 0.118. The molecule has 1 saturated heterocycles. The number of thiazole rings is 1. The summed E-state index contributed by atoms with van der Waals surface area (Å²) in [4.78, 5) is 24.6. The van der Waals surface area contributed by atoms with Crippen molar-refractivity contribution in [3.8, 4) is 5.75 Å². The molecule has 1 atom stereocenters. The molecule has 8 nitrogen and oxygen atoms in total. The Morgan fingerprint density at radius 2 is 2.03 bits per heavy atom. The molecule has 0 bridgehead atoms. The number of thiophene rings is 1. The summed E-state index contributed by atoms with van der Waals surface area (Å²) < 4.78 is 35.0. The van der Waals surface area contributed by atoms with Crippen LogP contribution in [0.5, 0.6) is 5.75 Å². The highest BCUT2D eigenvalue weighted by Crippen LogP contribution is 2.40. The number of ether oxygens (including phenoxy) is 1. The zero-order valence-electron chi connectivity index (χ0n) is 19.6. The van der Waals surface area contributed by atoms with Crippen LogP contribution in [0.2, 0.25) is 9.36 Å². The smallest absolute Gasteiger partial charge is 0.253 e. The van der Waals surface area contributed by atoms with E-state index in [-0.39, 0.29) is 23.2 Å². The van der Waals surface area contributed by atoms with Crippen LogP contribution in [0.15, 0.2) is 53.0 Å². The van der Waals surface area contributed by atoms with Gasteiger partial charge in [-0.1, -0.05) is 47.0 Å². The molecule has 0 aliphatic carbocycles. The molecule has 4 aromatic rings. The lowest BCUT2D eigenvalue weighted by Crippen LogP contribution is -2.52. The number of rotatable bonds is 7. The van der Waals surface area contributed by atoms with E-state index in [0.29, 0.717) is 43.3 Å². The molecule has 1 aliphatic heterocycles. The van der Waals surface area contributed by atoms with Crippen molar-refractivity contribution in [2.24, 2.45) is 0 Å². The summed E-state index contributed by atoms with van der Waals surface area (Å²) in [6.45, 7) is 0.413. The van der Waals surface area contributed by atoms with Gasteiger partial charge in [-0.05, 0) is 48.7 Å². The number of methoxy groups -OCH3 is 1. The van der Waals surface area contributed by atoms with E-state index in [2.05, 4.69) is 4.98 Å². The third-order valence-corrected chi connectivity index (χ3v) is 11.2. The first-order chi connectivity index (χ1) is 17.8. The summed E-state index contributed by atoms with van der Waals surface area (Å²) in [6, 6.07) is 9.23. The summed E-state index contributed by atoms with van der Waals surface area (Å²) in [5.41, 5.74) is 1.32. The molecule has 37 heavy (non-hydrogen) atoms. The van der Waals surface area contributed by atoms with Gasteiger partial charge in [0.2, 0.25) is 5.91 Å². The third-order valence-electron chi connectivity index (χ3n) is 6.08. The lowest BCUT2D eigenvalue weighted by atomic mass is 10.0. The van der Waals surface area contributed by atoms with Crippen molar-refractivity contribution in [3.05, 3.63) is 63.7 Å². The van der Waals surface area contributed by atoms with Crippen LogP contribution in [0.1, 0.15) is 24.8 Å². The Morgan fingerprint density at radius 1 is 1.19 bits per heavy atom. The number of carbonyl (C=O) groups is 1. The van der Waals surface area contributed by atoms with Crippen LogP contribution < -0.4 is 9.64 Å². The number of halogens is 2. The maximum atomic E-state index is 14.2. The highest BCUT2D eigenvalue weighted by atomic mass is 35.5. The van der Waals surface area contributed by atoms with Crippen molar-refractivity contribution in [3.63, 3.8) is 0 Å². The number of fused-ring (bicyclic) bond motifs is 1. The molecule has 13 heteroatoms. The normalized spacial score (nSPS) is 16.7. The van der Waals surface area contributed by atoms with E-state index in [1.807, 2.05) is 6.07 Å². The topological polar surface area (TPSA) is 92.7 Å². The lowest BCUT2D eigenvalue weighted by Gasteiger charge is -2.35. The van der Waals surface area contributed by atoms with E-state index < -0.39 is 16.1 Å². The molecule has 1 unspecified atom stereocenters. The zero-order valence-corrected chi connectivity index (χ0v) is 23.6. The second-order valence-electron chi connectivity index (χ2n) is 8.40. The van der Waals surface area contributed by atoms with Gasteiger partial charge in [-0.3, -0.25) is 14.7 Å². The zero-order chi connectivity index (χ0) is 26.2. The monoisotopic (exact) mass is 596 g/mol. The SMILES string of the molecule is COc1ccc(Cl)c2sc(N(Cc3cccnc3)C(=O)C3CCCCN3S(=O)(=O)c3ccc(Cl)s3)nc12. The van der Waals surface area contributed by atoms with Crippen LogP contribution in [0.3, 0.4) is 0 Å². The fourth-order valence-electron chi connectivity index (χ4n) is 4.31. The fourth-order valence-corrected chi connectivity index (χ4v) is 8.83. The number of nitrogens with zero attached hydrogens (tertiary/aromatic N) is 4. The Labute approximate surface area is 232 Å². The molecule has 1 amide bonds. The van der Waals surface area contributed by atoms with Crippen molar-refractivity contribution in [1.82, 2.24) is 14.3 Å². The van der Waals surface area contributed by atoms with Gasteiger partial charge in [-0.15, -0.1) is 11.3 Å². The van der Waals surface area contributed by atoms with Gasteiger partial charge in [0.15, 0.2) is 5.13 Å². The Morgan fingerprint density at radius 3 is 2.73 bits per heavy atom. The van der Waals surface area contributed by atoms with E-state index in [4.69, 9.17) is 32.9 Å². The summed E-state index contributed by atoms with van der Waals surface area (Å²) in [7, 11) is -2.37. The predicted molar refractivity (Wildman–Crippen MR) is 147 cm³/mol. The quantitative estimate of drug-likeness (QED) is 0.266. The number of amides is 1. The number of anilines is 1. The number of pyridine rings is 1. The Kier molecular flexibility index (Phi) is 7.71. The number of hydrogen-bond acceptors (Lipinski definition) is 8. The molecule has 0 radical (unpaired) electrons. The van der Waals surface area contributed by atoms with Gasteiger partial charge < -0.3 is 4.74 Å². The predicted octanol–water partition coefficient (Wildman–Crippen LogP) is 5.84. The summed E-state index contributed by atoms with van der Waals surface area (Å²) >= 11 is 14.7. The van der Waals surface area contributed by atoms with Gasteiger partial charge >= 0.3 is 0 Å². The summed E-state index contributed by atoms with van der Waals surface area (Å²) in [5, 5.41) is 0.891. The van der Waals surface area contributed by atoms with Crippen molar-refractivity contribution in [2.75, 3.05) is 18.6 Å². The number of carbonyl (C=O) groups excluding carboxylic acids is 1. The minimum atomic E-state index is -3.92. The molecule has 1 fully saturated rings. The summed E-state index contributed by atoms with van der Waals surface area (Å²) in [5.74, 6) is 0.177. The molecular formula is C24H22Cl2N4O4S3. The molecule has 4 heterocycles. The van der Waals surface area contributed by atoms with Crippen LogP contribution >= 0.6 is 45.9 Å². The van der Waals surface area contributed by atoms with Gasteiger partial charge in [0.25, 0.3) is 10.0 Å². The second kappa shape index (κ2) is 10.8. The van der Waals surface area contributed by atoms with E-state index >= 15 is 0 Å². The van der Waals surface area contributed by atoms with Gasteiger partial charge in [0.1, 0.15) is 21.5 Å². The first-order valence-electron chi connectivity index (χ1n) is 11.4. The number of hydrogen-bond donors (Lipinski definition) is 0. The average molecular weight is 598 g/mol. The fraction of sp³-hybridized carbons (Fsp3) is 0.292. The Hall–Kier alpha value is -2.28.